The average Bonchev–Trinajstić information content (AvgIpc) is 2.94. The minimum absolute atomic E-state index is 0.0592. The molecule has 0 aliphatic carbocycles. The Morgan fingerprint density at radius 1 is 1.18 bits per heavy atom. The zero-order chi connectivity index (χ0) is 16.3. The van der Waals surface area contributed by atoms with Gasteiger partial charge in [-0.1, -0.05) is 24.3 Å². The van der Waals surface area contributed by atoms with E-state index in [4.69, 9.17) is 9.52 Å². The Morgan fingerprint density at radius 3 is 2.45 bits per heavy atom. The molecule has 0 fully saturated rings. The van der Waals surface area contributed by atoms with E-state index in [0.717, 1.165) is 11.1 Å². The molecule has 2 aromatic rings. The maximum atomic E-state index is 11.9. The summed E-state index contributed by atoms with van der Waals surface area (Å²) in [7, 11) is 0. The van der Waals surface area contributed by atoms with Crippen LogP contribution in [0, 0.1) is 0 Å². The lowest BCUT2D eigenvalue weighted by atomic mass is 9.96. The number of carboxylic acid groups (broad SMARTS) is 1. The first-order valence-corrected chi connectivity index (χ1v) is 6.70. The van der Waals surface area contributed by atoms with Gasteiger partial charge in [0.05, 0.1) is 5.60 Å². The van der Waals surface area contributed by atoms with Crippen molar-refractivity contribution in [1.82, 2.24) is 5.32 Å². The van der Waals surface area contributed by atoms with Gasteiger partial charge in [-0.2, -0.15) is 0 Å². The highest BCUT2D eigenvalue weighted by Crippen LogP contribution is 2.20. The van der Waals surface area contributed by atoms with E-state index in [0.29, 0.717) is 0 Å². The van der Waals surface area contributed by atoms with Crippen LogP contribution < -0.4 is 5.32 Å². The summed E-state index contributed by atoms with van der Waals surface area (Å²) in [5.41, 5.74) is 0.598. The highest BCUT2D eigenvalue weighted by molar-refractivity contribution is 5.93. The number of carbonyl (C=O) groups excluding carboxylic acids is 1. The lowest BCUT2D eigenvalue weighted by Gasteiger charge is -2.18. The molecule has 0 bridgehead atoms. The van der Waals surface area contributed by atoms with Gasteiger partial charge >= 0.3 is 5.97 Å². The molecule has 6 nitrogen and oxygen atoms in total. The van der Waals surface area contributed by atoms with Gasteiger partial charge < -0.3 is 19.9 Å². The third-order valence-corrected chi connectivity index (χ3v) is 3.13. The van der Waals surface area contributed by atoms with Gasteiger partial charge in [0.1, 0.15) is 0 Å². The molecule has 0 saturated heterocycles. The molecule has 0 radical (unpaired) electrons. The van der Waals surface area contributed by atoms with Crippen molar-refractivity contribution in [3.63, 3.8) is 0 Å². The first-order valence-electron chi connectivity index (χ1n) is 6.70. The summed E-state index contributed by atoms with van der Waals surface area (Å²) in [6, 6.07) is 9.75. The molecule has 0 atom stereocenters. The van der Waals surface area contributed by atoms with Crippen molar-refractivity contribution in [2.45, 2.75) is 26.0 Å². The van der Waals surface area contributed by atoms with Crippen LogP contribution in [0.3, 0.4) is 0 Å². The Labute approximate surface area is 127 Å². The SMILES string of the molecule is CC(C)(O)c1cccc(CNC(=O)c2ccc(C(=O)O)o2)c1. The summed E-state index contributed by atoms with van der Waals surface area (Å²) in [6.07, 6.45) is 0. The number of carboxylic acids is 1. The van der Waals surface area contributed by atoms with Crippen molar-refractivity contribution < 1.29 is 24.2 Å². The fourth-order valence-electron chi connectivity index (χ4n) is 1.91. The van der Waals surface area contributed by atoms with Crippen molar-refractivity contribution in [1.29, 1.82) is 0 Å². The van der Waals surface area contributed by atoms with E-state index in [1.54, 1.807) is 32.0 Å². The van der Waals surface area contributed by atoms with E-state index < -0.39 is 17.5 Å². The molecule has 1 aromatic heterocycles. The summed E-state index contributed by atoms with van der Waals surface area (Å²) in [5.74, 6) is -2.07. The minimum atomic E-state index is -1.23. The van der Waals surface area contributed by atoms with E-state index in [-0.39, 0.29) is 18.1 Å². The van der Waals surface area contributed by atoms with Crippen LogP contribution in [0.25, 0.3) is 0 Å². The topological polar surface area (TPSA) is 99.8 Å². The average molecular weight is 303 g/mol. The standard InChI is InChI=1S/C16H17NO5/c1-16(2,21)11-5-3-4-10(8-11)9-17-14(18)12-6-7-13(22-12)15(19)20/h3-8,21H,9H2,1-2H3,(H,17,18)(H,19,20). The van der Waals surface area contributed by atoms with E-state index in [1.165, 1.54) is 12.1 Å². The molecule has 0 spiro atoms. The van der Waals surface area contributed by atoms with E-state index in [1.807, 2.05) is 6.07 Å². The van der Waals surface area contributed by atoms with Gasteiger partial charge in [-0.15, -0.1) is 0 Å². The number of aromatic carboxylic acids is 1. The molecular weight excluding hydrogens is 286 g/mol. The largest absolute Gasteiger partial charge is 0.475 e. The number of hydrogen-bond acceptors (Lipinski definition) is 4. The van der Waals surface area contributed by atoms with Crippen LogP contribution in [0.15, 0.2) is 40.8 Å². The van der Waals surface area contributed by atoms with Crippen LogP contribution in [0.4, 0.5) is 0 Å². The molecule has 22 heavy (non-hydrogen) atoms. The minimum Gasteiger partial charge on any atom is -0.475 e. The summed E-state index contributed by atoms with van der Waals surface area (Å²) in [5, 5.41) is 21.4. The van der Waals surface area contributed by atoms with Crippen molar-refractivity contribution in [3.05, 3.63) is 59.0 Å². The number of carbonyl (C=O) groups is 2. The van der Waals surface area contributed by atoms with Crippen molar-refractivity contribution >= 4 is 11.9 Å². The highest BCUT2D eigenvalue weighted by Gasteiger charge is 2.17. The smallest absolute Gasteiger partial charge is 0.371 e. The van der Waals surface area contributed by atoms with Crippen molar-refractivity contribution in [3.8, 4) is 0 Å². The summed E-state index contributed by atoms with van der Waals surface area (Å²) >= 11 is 0. The van der Waals surface area contributed by atoms with Crippen molar-refractivity contribution in [2.75, 3.05) is 0 Å². The van der Waals surface area contributed by atoms with Crippen LogP contribution in [0.5, 0.6) is 0 Å². The van der Waals surface area contributed by atoms with Crippen molar-refractivity contribution in [2.24, 2.45) is 0 Å². The molecule has 0 aliphatic rings. The van der Waals surface area contributed by atoms with Crippen LogP contribution in [0.1, 0.15) is 46.1 Å². The monoisotopic (exact) mass is 303 g/mol. The quantitative estimate of drug-likeness (QED) is 0.785. The summed E-state index contributed by atoms with van der Waals surface area (Å²) in [4.78, 5) is 22.6. The Bertz CT molecular complexity index is 697. The maximum absolute atomic E-state index is 11.9. The van der Waals surface area contributed by atoms with Crippen LogP contribution >= 0.6 is 0 Å². The third kappa shape index (κ3) is 3.73. The van der Waals surface area contributed by atoms with E-state index in [9.17, 15) is 14.7 Å². The predicted molar refractivity (Wildman–Crippen MR) is 78.5 cm³/mol. The van der Waals surface area contributed by atoms with Gasteiger partial charge in [-0.25, -0.2) is 4.79 Å². The molecule has 1 heterocycles. The number of nitrogens with one attached hydrogen (secondary N) is 1. The number of amides is 1. The lowest BCUT2D eigenvalue weighted by molar-refractivity contribution is 0.0659. The molecule has 6 heteroatoms. The molecule has 3 N–H and O–H groups in total. The second-order valence-electron chi connectivity index (χ2n) is 5.41. The highest BCUT2D eigenvalue weighted by atomic mass is 16.4. The maximum Gasteiger partial charge on any atom is 0.371 e. The number of rotatable bonds is 5. The van der Waals surface area contributed by atoms with Crippen LogP contribution in [-0.4, -0.2) is 22.1 Å². The van der Waals surface area contributed by atoms with Gasteiger partial charge in [0.2, 0.25) is 5.76 Å². The fraction of sp³-hybridized carbons (Fsp3) is 0.250. The van der Waals surface area contributed by atoms with Crippen LogP contribution in [-0.2, 0) is 12.1 Å². The fourth-order valence-corrected chi connectivity index (χ4v) is 1.91. The summed E-state index contributed by atoms with van der Waals surface area (Å²) < 4.78 is 4.92. The number of benzene rings is 1. The molecular formula is C16H17NO5. The predicted octanol–water partition coefficient (Wildman–Crippen LogP) is 2.14. The van der Waals surface area contributed by atoms with Gasteiger partial charge in [-0.3, -0.25) is 4.79 Å². The molecule has 1 aromatic carbocycles. The van der Waals surface area contributed by atoms with Gasteiger partial charge in [0, 0.05) is 6.54 Å². The second-order valence-corrected chi connectivity index (χ2v) is 5.41. The number of furan rings is 1. The molecule has 1 amide bonds. The van der Waals surface area contributed by atoms with Gasteiger partial charge in [-0.05, 0) is 37.1 Å². The Morgan fingerprint density at radius 2 is 1.86 bits per heavy atom. The molecule has 116 valence electrons. The Kier molecular flexibility index (Phi) is 4.32. The Balaban J connectivity index is 2.03. The number of hydrogen-bond donors (Lipinski definition) is 3. The zero-order valence-electron chi connectivity index (χ0n) is 12.3. The third-order valence-electron chi connectivity index (χ3n) is 3.13. The van der Waals surface area contributed by atoms with E-state index in [2.05, 4.69) is 5.32 Å². The first kappa shape index (κ1) is 15.8. The Hall–Kier alpha value is -2.60. The molecule has 2 rings (SSSR count). The molecule has 0 unspecified atom stereocenters. The van der Waals surface area contributed by atoms with Gasteiger partial charge in [0.25, 0.3) is 5.91 Å². The van der Waals surface area contributed by atoms with Crippen LogP contribution in [0.2, 0.25) is 0 Å². The first-order chi connectivity index (χ1) is 10.3. The molecule has 0 saturated carbocycles. The second kappa shape index (κ2) is 6.03. The number of aliphatic hydroxyl groups is 1. The zero-order valence-corrected chi connectivity index (χ0v) is 12.3. The normalized spacial score (nSPS) is 11.2. The summed E-state index contributed by atoms with van der Waals surface area (Å²) in [6.45, 7) is 3.60. The van der Waals surface area contributed by atoms with Gasteiger partial charge in [0.15, 0.2) is 5.76 Å². The van der Waals surface area contributed by atoms with E-state index >= 15 is 0 Å². The lowest BCUT2D eigenvalue weighted by Crippen LogP contribution is -2.23. The molecule has 0 aliphatic heterocycles.